The van der Waals surface area contributed by atoms with E-state index in [1.807, 2.05) is 30.3 Å². The molecule has 0 fully saturated rings. The van der Waals surface area contributed by atoms with Crippen LogP contribution in [0.25, 0.3) is 6.08 Å². The van der Waals surface area contributed by atoms with Gasteiger partial charge in [0, 0.05) is 19.7 Å². The number of carbonyl (C=O) groups is 1. The Kier molecular flexibility index (Phi) is 6.47. The lowest BCUT2D eigenvalue weighted by Gasteiger charge is -2.14. The third-order valence-corrected chi connectivity index (χ3v) is 6.80. The molecule has 0 aliphatic carbocycles. The van der Waals surface area contributed by atoms with Gasteiger partial charge in [0.25, 0.3) is 10.0 Å². The van der Waals surface area contributed by atoms with Crippen LogP contribution in [0.4, 0.5) is 9.52 Å². The number of aromatic nitrogens is 2. The first-order chi connectivity index (χ1) is 13.8. The second-order valence-corrected chi connectivity index (χ2v) is 9.19. The fraction of sp³-hybridized carbons (Fsp3) is 0.105. The van der Waals surface area contributed by atoms with Gasteiger partial charge in [0.05, 0.1) is 0 Å². The summed E-state index contributed by atoms with van der Waals surface area (Å²) in [6.45, 7) is 0.0453. The molecule has 1 heterocycles. The van der Waals surface area contributed by atoms with Crippen LogP contribution in [0.2, 0.25) is 0 Å². The maximum Gasteiger partial charge on any atom is 0.272 e. The van der Waals surface area contributed by atoms with Crippen LogP contribution in [0.5, 0.6) is 0 Å². The van der Waals surface area contributed by atoms with Crippen molar-refractivity contribution >= 4 is 38.5 Å². The number of benzene rings is 2. The Hall–Kier alpha value is -2.95. The molecule has 0 unspecified atom stereocenters. The lowest BCUT2D eigenvalue weighted by atomic mass is 10.2. The average Bonchev–Trinajstić information content (AvgIpc) is 3.18. The molecule has 7 nitrogen and oxygen atoms in total. The number of carbonyl (C=O) groups excluding carboxylic acids is 1. The monoisotopic (exact) mass is 432 g/mol. The zero-order valence-corrected chi connectivity index (χ0v) is 17.0. The molecule has 0 aliphatic heterocycles. The molecular weight excluding hydrogens is 415 g/mol. The molecule has 150 valence electrons. The van der Waals surface area contributed by atoms with Crippen LogP contribution in [-0.2, 0) is 21.4 Å². The van der Waals surface area contributed by atoms with Crippen LogP contribution in [0, 0.1) is 5.82 Å². The fourth-order valence-corrected chi connectivity index (χ4v) is 4.56. The largest absolute Gasteiger partial charge is 0.297 e. The molecule has 0 saturated carbocycles. The van der Waals surface area contributed by atoms with Crippen molar-refractivity contribution in [3.63, 3.8) is 0 Å². The summed E-state index contributed by atoms with van der Waals surface area (Å²) >= 11 is 0.753. The minimum atomic E-state index is -3.90. The van der Waals surface area contributed by atoms with Gasteiger partial charge < -0.3 is 0 Å². The Bertz CT molecular complexity index is 1110. The number of hydrogen-bond acceptors (Lipinski definition) is 6. The predicted molar refractivity (Wildman–Crippen MR) is 109 cm³/mol. The van der Waals surface area contributed by atoms with Crippen LogP contribution in [-0.4, -0.2) is 35.9 Å². The fourth-order valence-electron chi connectivity index (χ4n) is 2.31. The molecule has 0 radical (unpaired) electrons. The predicted octanol–water partition coefficient (Wildman–Crippen LogP) is 3.15. The molecule has 0 atom stereocenters. The number of amides is 1. The van der Waals surface area contributed by atoms with E-state index in [-0.39, 0.29) is 16.0 Å². The van der Waals surface area contributed by atoms with Gasteiger partial charge in [-0.15, -0.1) is 10.2 Å². The first-order valence-electron chi connectivity index (χ1n) is 8.43. The second kappa shape index (κ2) is 9.03. The molecule has 2 aromatic carbocycles. The number of sulfonamides is 1. The molecule has 3 aromatic rings. The smallest absolute Gasteiger partial charge is 0.272 e. The molecule has 0 aliphatic rings. The summed E-state index contributed by atoms with van der Waals surface area (Å²) in [5, 5.41) is 9.97. The number of anilines is 1. The number of halogens is 1. The summed E-state index contributed by atoms with van der Waals surface area (Å²) < 4.78 is 39.1. The van der Waals surface area contributed by atoms with Crippen molar-refractivity contribution in [2.24, 2.45) is 0 Å². The Morgan fingerprint density at radius 1 is 1.14 bits per heavy atom. The number of rotatable bonds is 7. The summed E-state index contributed by atoms with van der Waals surface area (Å²) in [7, 11) is -2.51. The highest BCUT2D eigenvalue weighted by Crippen LogP contribution is 2.23. The van der Waals surface area contributed by atoms with Crippen LogP contribution in [0.15, 0.2) is 65.0 Å². The van der Waals surface area contributed by atoms with E-state index in [2.05, 4.69) is 15.5 Å². The van der Waals surface area contributed by atoms with Crippen LogP contribution < -0.4 is 5.32 Å². The maximum absolute atomic E-state index is 13.0. The van der Waals surface area contributed by atoms with E-state index in [4.69, 9.17) is 0 Å². The molecule has 29 heavy (non-hydrogen) atoms. The number of nitrogens with zero attached hydrogens (tertiary/aromatic N) is 3. The zero-order valence-electron chi connectivity index (χ0n) is 15.3. The van der Waals surface area contributed by atoms with Gasteiger partial charge in [-0.3, -0.25) is 10.1 Å². The molecule has 1 aromatic heterocycles. The first-order valence-corrected chi connectivity index (χ1v) is 10.7. The SMILES string of the molecule is CN(Cc1ccc(F)cc1)S(=O)(=O)c1nnc(NC(=O)C=Cc2ccccc2)s1. The molecule has 1 N–H and O–H groups in total. The molecule has 1 amide bonds. The molecule has 0 saturated heterocycles. The van der Waals surface area contributed by atoms with Crippen molar-refractivity contribution in [1.82, 2.24) is 14.5 Å². The van der Waals surface area contributed by atoms with Gasteiger partial charge in [-0.05, 0) is 29.3 Å². The summed E-state index contributed by atoms with van der Waals surface area (Å²) in [6, 6.07) is 14.8. The third-order valence-electron chi connectivity index (χ3n) is 3.81. The van der Waals surface area contributed by atoms with E-state index < -0.39 is 21.7 Å². The summed E-state index contributed by atoms with van der Waals surface area (Å²) in [5.74, 6) is -0.848. The van der Waals surface area contributed by atoms with Gasteiger partial charge in [-0.2, -0.15) is 4.31 Å². The van der Waals surface area contributed by atoms with Crippen LogP contribution in [0.1, 0.15) is 11.1 Å². The Labute approximate surface area is 171 Å². The van der Waals surface area contributed by atoms with E-state index in [1.165, 1.54) is 37.4 Å². The van der Waals surface area contributed by atoms with Crippen LogP contribution >= 0.6 is 11.3 Å². The standard InChI is InChI=1S/C19H17FN4O3S2/c1-24(13-15-7-10-16(20)11-8-15)29(26,27)19-23-22-18(28-19)21-17(25)12-9-14-5-3-2-4-6-14/h2-12H,13H2,1H3,(H,21,22,25). The molecule has 10 heteroatoms. The highest BCUT2D eigenvalue weighted by Gasteiger charge is 2.26. The zero-order chi connectivity index (χ0) is 20.9. The average molecular weight is 433 g/mol. The summed E-state index contributed by atoms with van der Waals surface area (Å²) in [4.78, 5) is 12.0. The molecular formula is C19H17FN4O3S2. The van der Waals surface area contributed by atoms with Gasteiger partial charge in [-0.1, -0.05) is 53.8 Å². The van der Waals surface area contributed by atoms with Crippen molar-refractivity contribution in [1.29, 1.82) is 0 Å². The van der Waals surface area contributed by atoms with Crippen molar-refractivity contribution in [3.8, 4) is 0 Å². The van der Waals surface area contributed by atoms with E-state index in [9.17, 15) is 17.6 Å². The summed E-state index contributed by atoms with van der Waals surface area (Å²) in [6.07, 6.45) is 2.95. The van der Waals surface area contributed by atoms with Crippen molar-refractivity contribution < 1.29 is 17.6 Å². The van der Waals surface area contributed by atoms with Gasteiger partial charge in [0.2, 0.25) is 15.4 Å². The highest BCUT2D eigenvalue weighted by molar-refractivity contribution is 7.91. The van der Waals surface area contributed by atoms with E-state index in [1.54, 1.807) is 6.08 Å². The van der Waals surface area contributed by atoms with Crippen LogP contribution in [0.3, 0.4) is 0 Å². The van der Waals surface area contributed by atoms with Gasteiger partial charge >= 0.3 is 0 Å². The van der Waals surface area contributed by atoms with E-state index >= 15 is 0 Å². The van der Waals surface area contributed by atoms with Crippen molar-refractivity contribution in [2.75, 3.05) is 12.4 Å². The number of nitrogens with one attached hydrogen (secondary N) is 1. The third kappa shape index (κ3) is 5.53. The molecule has 0 spiro atoms. The number of hydrogen-bond donors (Lipinski definition) is 1. The Morgan fingerprint density at radius 3 is 2.52 bits per heavy atom. The van der Waals surface area contributed by atoms with E-state index in [0.29, 0.717) is 5.56 Å². The quantitative estimate of drug-likeness (QED) is 0.457. The van der Waals surface area contributed by atoms with Gasteiger partial charge in [-0.25, -0.2) is 12.8 Å². The normalized spacial score (nSPS) is 11.8. The molecule has 3 rings (SSSR count). The first kappa shape index (κ1) is 20.8. The minimum Gasteiger partial charge on any atom is -0.297 e. The van der Waals surface area contributed by atoms with Gasteiger partial charge in [0.15, 0.2) is 0 Å². The Morgan fingerprint density at radius 2 is 1.83 bits per heavy atom. The maximum atomic E-state index is 13.0. The lowest BCUT2D eigenvalue weighted by Crippen LogP contribution is -2.26. The van der Waals surface area contributed by atoms with Crippen molar-refractivity contribution in [3.05, 3.63) is 77.6 Å². The summed E-state index contributed by atoms with van der Waals surface area (Å²) in [5.41, 5.74) is 1.48. The lowest BCUT2D eigenvalue weighted by molar-refractivity contribution is -0.111. The topological polar surface area (TPSA) is 92.3 Å². The highest BCUT2D eigenvalue weighted by atomic mass is 32.2. The van der Waals surface area contributed by atoms with Gasteiger partial charge in [0.1, 0.15) is 5.82 Å². The van der Waals surface area contributed by atoms with Crippen molar-refractivity contribution in [2.45, 2.75) is 10.9 Å². The Balaban J connectivity index is 1.65. The van der Waals surface area contributed by atoms with E-state index in [0.717, 1.165) is 21.2 Å². The second-order valence-electron chi connectivity index (χ2n) is 5.99. The minimum absolute atomic E-state index is 0.0453. The molecule has 0 bridgehead atoms.